The van der Waals surface area contributed by atoms with Crippen LogP contribution in [0.4, 0.5) is 0 Å². The number of methoxy groups -OCH3 is 1. The molecule has 0 amide bonds. The second kappa shape index (κ2) is 10.4. The van der Waals surface area contributed by atoms with Gasteiger partial charge in [0.2, 0.25) is 0 Å². The fraction of sp³-hybridized carbons (Fsp3) is 0.323. The Morgan fingerprint density at radius 3 is 2.44 bits per heavy atom. The molecule has 0 unspecified atom stereocenters. The van der Waals surface area contributed by atoms with Crippen molar-refractivity contribution in [3.05, 3.63) is 94.8 Å². The summed E-state index contributed by atoms with van der Waals surface area (Å²) in [4.78, 5) is 13.0. The van der Waals surface area contributed by atoms with E-state index in [2.05, 4.69) is 46.7 Å². The summed E-state index contributed by atoms with van der Waals surface area (Å²) in [6, 6.07) is 23.6. The monoisotopic (exact) mass is 525 g/mol. The Hall–Kier alpha value is -3.85. The molecule has 2 fully saturated rings. The zero-order chi connectivity index (χ0) is 27.0. The van der Waals surface area contributed by atoms with Gasteiger partial charge in [-0.1, -0.05) is 65.9 Å². The summed E-state index contributed by atoms with van der Waals surface area (Å²) in [7, 11) is 1.67. The molecule has 8 heteroatoms. The molecule has 8 nitrogen and oxygen atoms in total. The third-order valence-corrected chi connectivity index (χ3v) is 7.34. The number of hydrogen-bond acceptors (Lipinski definition) is 7. The predicted octanol–water partition coefficient (Wildman–Crippen LogP) is 5.06. The average Bonchev–Trinajstić information content (AvgIpc) is 3.43. The van der Waals surface area contributed by atoms with Gasteiger partial charge in [0, 0.05) is 12.5 Å². The zero-order valence-electron chi connectivity index (χ0n) is 22.2. The molecule has 0 N–H and O–H groups in total. The molecule has 4 aromatic rings. The van der Waals surface area contributed by atoms with E-state index in [4.69, 9.17) is 18.9 Å². The van der Waals surface area contributed by atoms with Gasteiger partial charge in [0.1, 0.15) is 17.4 Å². The molecule has 1 aromatic heterocycles. The standard InChI is InChI=1S/C31H31N3O5/c1-31(2)38-28-25(18-19-34-29(35)24-6-4-5-7-26(24)32-33-34)27(37-30(28)39-31)17-10-20-8-11-21(12-9-20)22-13-15-23(36-3)16-14-22/h4-17,25,27-28,30H,18-19H2,1-3H3/t25-,27-,28-,30-/m0/s1. The fourth-order valence-electron chi connectivity index (χ4n) is 5.33. The lowest BCUT2D eigenvalue weighted by molar-refractivity contribution is -0.205. The van der Waals surface area contributed by atoms with Gasteiger partial charge in [0.15, 0.2) is 12.1 Å². The molecule has 200 valence electrons. The second-order valence-electron chi connectivity index (χ2n) is 10.4. The van der Waals surface area contributed by atoms with E-state index in [1.165, 1.54) is 4.68 Å². The van der Waals surface area contributed by atoms with E-state index in [1.807, 2.05) is 50.2 Å². The molecule has 3 aromatic carbocycles. The third kappa shape index (κ3) is 5.23. The van der Waals surface area contributed by atoms with Crippen LogP contribution in [-0.4, -0.2) is 46.4 Å². The largest absolute Gasteiger partial charge is 0.497 e. The van der Waals surface area contributed by atoms with Gasteiger partial charge in [-0.05, 0) is 61.2 Å². The van der Waals surface area contributed by atoms with Crippen LogP contribution < -0.4 is 10.3 Å². The minimum Gasteiger partial charge on any atom is -0.497 e. The Kier molecular flexibility index (Phi) is 6.76. The van der Waals surface area contributed by atoms with Crippen molar-refractivity contribution in [1.29, 1.82) is 0 Å². The van der Waals surface area contributed by atoms with Gasteiger partial charge in [-0.3, -0.25) is 4.79 Å². The number of rotatable bonds is 7. The lowest BCUT2D eigenvalue weighted by Crippen LogP contribution is -2.32. The first-order valence-electron chi connectivity index (χ1n) is 13.2. The summed E-state index contributed by atoms with van der Waals surface area (Å²) >= 11 is 0. The summed E-state index contributed by atoms with van der Waals surface area (Å²) in [5.41, 5.74) is 3.76. The highest BCUT2D eigenvalue weighted by atomic mass is 16.8. The normalized spacial score (nSPS) is 23.9. The molecular formula is C31H31N3O5. The molecule has 0 saturated carbocycles. The van der Waals surface area contributed by atoms with Gasteiger partial charge in [0.25, 0.3) is 5.56 Å². The van der Waals surface area contributed by atoms with Gasteiger partial charge < -0.3 is 18.9 Å². The summed E-state index contributed by atoms with van der Waals surface area (Å²) in [6.45, 7) is 4.18. The summed E-state index contributed by atoms with van der Waals surface area (Å²) < 4.78 is 25.2. The number of ether oxygens (including phenoxy) is 4. The number of fused-ring (bicyclic) bond motifs is 2. The van der Waals surface area contributed by atoms with Crippen LogP contribution in [0.25, 0.3) is 28.1 Å². The minimum atomic E-state index is -0.723. The van der Waals surface area contributed by atoms with Crippen LogP contribution in [0.3, 0.4) is 0 Å². The van der Waals surface area contributed by atoms with Crippen molar-refractivity contribution < 1.29 is 18.9 Å². The van der Waals surface area contributed by atoms with Crippen LogP contribution in [0.1, 0.15) is 25.8 Å². The Bertz CT molecular complexity index is 1550. The molecule has 0 radical (unpaired) electrons. The molecule has 0 bridgehead atoms. The minimum absolute atomic E-state index is 0.0215. The first-order valence-corrected chi connectivity index (χ1v) is 13.2. The second-order valence-corrected chi connectivity index (χ2v) is 10.4. The molecule has 3 heterocycles. The van der Waals surface area contributed by atoms with Crippen molar-refractivity contribution in [2.75, 3.05) is 7.11 Å². The molecule has 39 heavy (non-hydrogen) atoms. The lowest BCUT2D eigenvalue weighted by atomic mass is 9.93. The molecule has 0 spiro atoms. The zero-order valence-corrected chi connectivity index (χ0v) is 22.2. The number of benzene rings is 3. The van der Waals surface area contributed by atoms with Crippen LogP contribution in [0, 0.1) is 5.92 Å². The van der Waals surface area contributed by atoms with Crippen molar-refractivity contribution >= 4 is 17.0 Å². The first-order chi connectivity index (χ1) is 18.9. The first kappa shape index (κ1) is 25.4. The number of nitrogens with zero attached hydrogens (tertiary/aromatic N) is 3. The lowest BCUT2D eigenvalue weighted by Gasteiger charge is -2.24. The molecule has 2 aliphatic rings. The number of aryl methyl sites for hydroxylation is 1. The quantitative estimate of drug-likeness (QED) is 0.333. The van der Waals surface area contributed by atoms with Crippen molar-refractivity contribution in [2.24, 2.45) is 5.92 Å². The van der Waals surface area contributed by atoms with Gasteiger partial charge in [0.05, 0.1) is 18.6 Å². The Balaban J connectivity index is 1.19. The van der Waals surface area contributed by atoms with E-state index in [0.29, 0.717) is 23.9 Å². The van der Waals surface area contributed by atoms with E-state index in [9.17, 15) is 4.79 Å². The molecule has 2 saturated heterocycles. The molecule has 6 rings (SSSR count). The highest BCUT2D eigenvalue weighted by molar-refractivity contribution is 5.76. The van der Waals surface area contributed by atoms with Gasteiger partial charge in [-0.15, -0.1) is 5.10 Å². The topological polar surface area (TPSA) is 84.7 Å². The van der Waals surface area contributed by atoms with Crippen LogP contribution in [0.2, 0.25) is 0 Å². The van der Waals surface area contributed by atoms with Crippen LogP contribution in [0.15, 0.2) is 83.7 Å². The molecule has 0 aliphatic carbocycles. The van der Waals surface area contributed by atoms with E-state index >= 15 is 0 Å². The van der Waals surface area contributed by atoms with Gasteiger partial charge in [-0.2, -0.15) is 0 Å². The highest BCUT2D eigenvalue weighted by Gasteiger charge is 2.53. The van der Waals surface area contributed by atoms with Gasteiger partial charge >= 0.3 is 0 Å². The van der Waals surface area contributed by atoms with Crippen LogP contribution in [-0.2, 0) is 20.8 Å². The molecular weight excluding hydrogens is 494 g/mol. The van der Waals surface area contributed by atoms with Crippen LogP contribution >= 0.6 is 0 Å². The number of hydrogen-bond donors (Lipinski definition) is 0. The third-order valence-electron chi connectivity index (χ3n) is 7.34. The maximum Gasteiger partial charge on any atom is 0.277 e. The molecule has 2 aliphatic heterocycles. The van der Waals surface area contributed by atoms with Crippen molar-refractivity contribution in [3.63, 3.8) is 0 Å². The van der Waals surface area contributed by atoms with Crippen molar-refractivity contribution in [3.8, 4) is 16.9 Å². The van der Waals surface area contributed by atoms with Crippen molar-refractivity contribution in [2.45, 2.75) is 51.1 Å². The van der Waals surface area contributed by atoms with Crippen molar-refractivity contribution in [1.82, 2.24) is 15.0 Å². The summed E-state index contributed by atoms with van der Waals surface area (Å²) in [5.74, 6) is 0.0916. The SMILES string of the molecule is COc1ccc(-c2ccc(C=C[C@@H]3O[C@H]4OC(C)(C)O[C@H]4[C@H]3CCn3nnc4ccccc4c3=O)cc2)cc1. The van der Waals surface area contributed by atoms with E-state index in [0.717, 1.165) is 22.4 Å². The summed E-state index contributed by atoms with van der Waals surface area (Å²) in [6.07, 6.45) is 3.80. The highest BCUT2D eigenvalue weighted by Crippen LogP contribution is 2.42. The Morgan fingerprint density at radius 2 is 1.69 bits per heavy atom. The van der Waals surface area contributed by atoms with Crippen LogP contribution in [0.5, 0.6) is 5.75 Å². The summed E-state index contributed by atoms with van der Waals surface area (Å²) in [5, 5.41) is 8.93. The maximum atomic E-state index is 13.0. The van der Waals surface area contributed by atoms with E-state index < -0.39 is 12.1 Å². The van der Waals surface area contributed by atoms with E-state index in [-0.39, 0.29) is 23.7 Å². The van der Waals surface area contributed by atoms with E-state index in [1.54, 1.807) is 19.2 Å². The average molecular weight is 526 g/mol. The molecule has 4 atom stereocenters. The van der Waals surface area contributed by atoms with Gasteiger partial charge in [-0.25, -0.2) is 4.68 Å². The maximum absolute atomic E-state index is 13.0. The number of aromatic nitrogens is 3. The smallest absolute Gasteiger partial charge is 0.277 e. The Labute approximate surface area is 226 Å². The fourth-order valence-corrected chi connectivity index (χ4v) is 5.33. The predicted molar refractivity (Wildman–Crippen MR) is 148 cm³/mol. The Morgan fingerprint density at radius 1 is 0.974 bits per heavy atom.